The second kappa shape index (κ2) is 11.6. The largest absolute Gasteiger partial charge is 0.456 e. The molecule has 1 heteroatoms. The van der Waals surface area contributed by atoms with Crippen LogP contribution in [0.3, 0.4) is 0 Å². The summed E-state index contributed by atoms with van der Waals surface area (Å²) in [7, 11) is 0. The molecule has 0 saturated heterocycles. The molecule has 0 amide bonds. The van der Waals surface area contributed by atoms with Gasteiger partial charge in [0.25, 0.3) is 0 Å². The number of rotatable bonds is 3. The minimum atomic E-state index is 0.909. The second-order valence-electron chi connectivity index (χ2n) is 14.7. The molecule has 11 aromatic carbocycles. The predicted octanol–water partition coefficient (Wildman–Crippen LogP) is 15.5. The van der Waals surface area contributed by atoms with E-state index in [9.17, 15) is 0 Å². The predicted molar refractivity (Wildman–Crippen MR) is 235 cm³/mol. The first-order valence-electron chi connectivity index (χ1n) is 19.0. The van der Waals surface area contributed by atoms with Crippen molar-refractivity contribution in [3.05, 3.63) is 194 Å². The molecule has 0 bridgehead atoms. The Balaban J connectivity index is 1.02. The van der Waals surface area contributed by atoms with Crippen LogP contribution in [0.15, 0.2) is 199 Å². The lowest BCUT2D eigenvalue weighted by molar-refractivity contribution is 0.669. The molecule has 0 aliphatic rings. The number of fused-ring (bicyclic) bond motifs is 13. The lowest BCUT2D eigenvalue weighted by Gasteiger charge is -2.18. The SMILES string of the molecule is c1ccc2c(c1)ccc1oc3cc(-c4c5ccccc5c(-c5ccc(-c6ccc7c8ccccc8c8ccccc8c7c6)cc5)c5ccccc45)ccc3c12. The monoisotopic (exact) mass is 696 g/mol. The Bertz CT molecular complexity index is 3440. The highest BCUT2D eigenvalue weighted by atomic mass is 16.3. The minimum absolute atomic E-state index is 0.909. The topological polar surface area (TPSA) is 13.1 Å². The van der Waals surface area contributed by atoms with Crippen LogP contribution < -0.4 is 0 Å². The molecule has 1 aromatic heterocycles. The summed E-state index contributed by atoms with van der Waals surface area (Å²) in [6.07, 6.45) is 0. The van der Waals surface area contributed by atoms with Crippen molar-refractivity contribution in [2.45, 2.75) is 0 Å². The highest BCUT2D eigenvalue weighted by molar-refractivity contribution is 6.26. The number of hydrogen-bond donors (Lipinski definition) is 0. The molecule has 1 heterocycles. The van der Waals surface area contributed by atoms with Crippen molar-refractivity contribution < 1.29 is 4.42 Å². The van der Waals surface area contributed by atoms with Crippen LogP contribution in [-0.2, 0) is 0 Å². The zero-order chi connectivity index (χ0) is 36.0. The van der Waals surface area contributed by atoms with E-state index in [-0.39, 0.29) is 0 Å². The van der Waals surface area contributed by atoms with E-state index in [2.05, 4.69) is 194 Å². The number of hydrogen-bond acceptors (Lipinski definition) is 1. The molecule has 55 heavy (non-hydrogen) atoms. The molecule has 0 radical (unpaired) electrons. The van der Waals surface area contributed by atoms with Gasteiger partial charge in [-0.15, -0.1) is 0 Å². The van der Waals surface area contributed by atoms with E-state index >= 15 is 0 Å². The van der Waals surface area contributed by atoms with E-state index in [1.165, 1.54) is 97.8 Å². The summed E-state index contributed by atoms with van der Waals surface area (Å²) in [5.41, 5.74) is 9.11. The fourth-order valence-electron chi connectivity index (χ4n) is 9.37. The third-order valence-electron chi connectivity index (χ3n) is 11.8. The van der Waals surface area contributed by atoms with Crippen molar-refractivity contribution in [1.29, 1.82) is 0 Å². The average molecular weight is 697 g/mol. The van der Waals surface area contributed by atoms with Gasteiger partial charge >= 0.3 is 0 Å². The lowest BCUT2D eigenvalue weighted by atomic mass is 9.85. The summed E-state index contributed by atoms with van der Waals surface area (Å²) in [6, 6.07) is 71.0. The summed E-state index contributed by atoms with van der Waals surface area (Å²) in [6.45, 7) is 0. The molecule has 254 valence electrons. The van der Waals surface area contributed by atoms with Gasteiger partial charge in [-0.05, 0) is 122 Å². The van der Waals surface area contributed by atoms with Crippen molar-refractivity contribution in [2.24, 2.45) is 0 Å². The second-order valence-corrected chi connectivity index (χ2v) is 14.7. The molecule has 1 nitrogen and oxygen atoms in total. The van der Waals surface area contributed by atoms with Gasteiger partial charge in [-0.3, -0.25) is 0 Å². The normalized spacial score (nSPS) is 12.0. The summed E-state index contributed by atoms with van der Waals surface area (Å²) >= 11 is 0. The quantitative estimate of drug-likeness (QED) is 0.132. The fourth-order valence-corrected chi connectivity index (χ4v) is 9.37. The zero-order valence-corrected chi connectivity index (χ0v) is 29.9. The van der Waals surface area contributed by atoms with Gasteiger partial charge in [-0.1, -0.05) is 170 Å². The van der Waals surface area contributed by atoms with Crippen molar-refractivity contribution >= 4 is 86.6 Å². The van der Waals surface area contributed by atoms with Crippen LogP contribution in [0.5, 0.6) is 0 Å². The van der Waals surface area contributed by atoms with E-state index in [4.69, 9.17) is 4.42 Å². The molecule has 0 spiro atoms. The van der Waals surface area contributed by atoms with Gasteiger partial charge in [-0.2, -0.15) is 0 Å². The third kappa shape index (κ3) is 4.48. The Morgan fingerprint density at radius 3 is 1.29 bits per heavy atom. The molecular formula is C54H32O. The van der Waals surface area contributed by atoms with Gasteiger partial charge in [-0.25, -0.2) is 0 Å². The third-order valence-corrected chi connectivity index (χ3v) is 11.8. The molecule has 0 atom stereocenters. The molecular weight excluding hydrogens is 665 g/mol. The van der Waals surface area contributed by atoms with E-state index in [1.807, 2.05) is 0 Å². The van der Waals surface area contributed by atoms with Crippen LogP contribution in [-0.4, -0.2) is 0 Å². The fraction of sp³-hybridized carbons (Fsp3) is 0. The first-order valence-corrected chi connectivity index (χ1v) is 19.0. The van der Waals surface area contributed by atoms with Crippen LogP contribution in [0.1, 0.15) is 0 Å². The number of benzene rings is 11. The molecule has 0 unspecified atom stereocenters. The Labute approximate surface area is 317 Å². The van der Waals surface area contributed by atoms with Gasteiger partial charge in [0.05, 0.1) is 0 Å². The molecule has 0 N–H and O–H groups in total. The first kappa shape index (κ1) is 30.3. The Morgan fingerprint density at radius 2 is 0.673 bits per heavy atom. The Kier molecular flexibility index (Phi) is 6.40. The van der Waals surface area contributed by atoms with E-state index in [0.29, 0.717) is 0 Å². The molecule has 0 saturated carbocycles. The maximum Gasteiger partial charge on any atom is 0.136 e. The van der Waals surface area contributed by atoms with Crippen LogP contribution >= 0.6 is 0 Å². The van der Waals surface area contributed by atoms with Gasteiger partial charge in [0.15, 0.2) is 0 Å². The van der Waals surface area contributed by atoms with Gasteiger partial charge in [0, 0.05) is 10.8 Å². The van der Waals surface area contributed by atoms with E-state index < -0.39 is 0 Å². The van der Waals surface area contributed by atoms with Crippen LogP contribution in [0.4, 0.5) is 0 Å². The van der Waals surface area contributed by atoms with Crippen molar-refractivity contribution in [1.82, 2.24) is 0 Å². The van der Waals surface area contributed by atoms with Gasteiger partial charge < -0.3 is 4.42 Å². The molecule has 12 rings (SSSR count). The zero-order valence-electron chi connectivity index (χ0n) is 29.9. The highest BCUT2D eigenvalue weighted by Crippen LogP contribution is 2.46. The van der Waals surface area contributed by atoms with E-state index in [1.54, 1.807) is 0 Å². The van der Waals surface area contributed by atoms with Crippen LogP contribution in [0.2, 0.25) is 0 Å². The smallest absolute Gasteiger partial charge is 0.136 e. The molecule has 12 aromatic rings. The molecule has 0 aliphatic carbocycles. The summed E-state index contributed by atoms with van der Waals surface area (Å²) in [5, 5.41) is 17.5. The lowest BCUT2D eigenvalue weighted by Crippen LogP contribution is -1.91. The first-order chi connectivity index (χ1) is 27.3. The van der Waals surface area contributed by atoms with Crippen molar-refractivity contribution in [3.63, 3.8) is 0 Å². The summed E-state index contributed by atoms with van der Waals surface area (Å²) < 4.78 is 6.55. The van der Waals surface area contributed by atoms with Crippen LogP contribution in [0, 0.1) is 0 Å². The Hall–Kier alpha value is -7.22. The van der Waals surface area contributed by atoms with E-state index in [0.717, 1.165) is 22.1 Å². The Morgan fingerprint density at radius 1 is 0.236 bits per heavy atom. The molecule has 0 fully saturated rings. The summed E-state index contributed by atoms with van der Waals surface area (Å²) in [4.78, 5) is 0. The van der Waals surface area contributed by atoms with Gasteiger partial charge in [0.2, 0.25) is 0 Å². The standard InChI is InChI=1S/C54H32O/c1-2-12-38-34(11-1)27-30-50-54(38)48-29-26-37(32-51(48)55-50)53-46-19-9-7-17-44(46)52(45-18-8-10-20-47(45)53)35-23-21-33(22-24-35)36-25-28-43-41-15-4-3-13-39(41)40-14-5-6-16-42(40)49(43)31-36/h1-32H. The van der Waals surface area contributed by atoms with Crippen LogP contribution in [0.25, 0.3) is 120 Å². The maximum absolute atomic E-state index is 6.55. The summed E-state index contributed by atoms with van der Waals surface area (Å²) in [5.74, 6) is 0. The van der Waals surface area contributed by atoms with Crippen molar-refractivity contribution in [3.8, 4) is 33.4 Å². The van der Waals surface area contributed by atoms with Gasteiger partial charge in [0.1, 0.15) is 11.2 Å². The maximum atomic E-state index is 6.55. The number of furan rings is 1. The average Bonchev–Trinajstić information content (AvgIpc) is 3.64. The highest BCUT2D eigenvalue weighted by Gasteiger charge is 2.19. The minimum Gasteiger partial charge on any atom is -0.456 e. The van der Waals surface area contributed by atoms with Crippen molar-refractivity contribution in [2.75, 3.05) is 0 Å². The molecule has 0 aliphatic heterocycles.